The van der Waals surface area contributed by atoms with E-state index in [2.05, 4.69) is 31.2 Å². The number of rotatable bonds is 6. The van der Waals surface area contributed by atoms with E-state index in [1.807, 2.05) is 24.4 Å². The minimum absolute atomic E-state index is 0.187. The van der Waals surface area contributed by atoms with Crippen molar-refractivity contribution in [3.8, 4) is 11.1 Å². The number of carbonyl (C=O) groups excluding carboxylic acids is 1. The molecule has 3 aromatic rings. The SMILES string of the molecule is N=C(C(=O)Nc1ccc(N2CCCCC2)nc1)c1cc(-c2cncc(N3CCCC3)c2)ccc1N. The summed E-state index contributed by atoms with van der Waals surface area (Å²) >= 11 is 0. The lowest BCUT2D eigenvalue weighted by Gasteiger charge is -2.27. The fourth-order valence-corrected chi connectivity index (χ4v) is 4.77. The molecular formula is C27H31N7O. The molecule has 0 unspecified atom stereocenters. The van der Waals surface area contributed by atoms with Crippen LogP contribution in [0.1, 0.15) is 37.7 Å². The molecular weight excluding hydrogens is 438 g/mol. The highest BCUT2D eigenvalue weighted by atomic mass is 16.1. The lowest BCUT2D eigenvalue weighted by molar-refractivity contribution is -0.110. The van der Waals surface area contributed by atoms with E-state index in [4.69, 9.17) is 11.1 Å². The van der Waals surface area contributed by atoms with Crippen molar-refractivity contribution in [2.75, 3.05) is 47.0 Å². The Morgan fingerprint density at radius 1 is 0.857 bits per heavy atom. The number of anilines is 4. The highest BCUT2D eigenvalue weighted by molar-refractivity contribution is 6.48. The maximum Gasteiger partial charge on any atom is 0.274 e. The van der Waals surface area contributed by atoms with Gasteiger partial charge >= 0.3 is 0 Å². The molecule has 0 spiro atoms. The predicted molar refractivity (Wildman–Crippen MR) is 141 cm³/mol. The number of hydrogen-bond acceptors (Lipinski definition) is 7. The molecule has 1 aromatic carbocycles. The van der Waals surface area contributed by atoms with E-state index in [1.54, 1.807) is 24.5 Å². The lowest BCUT2D eigenvalue weighted by atomic mass is 9.99. The summed E-state index contributed by atoms with van der Waals surface area (Å²) in [5.41, 5.74) is 10.2. The molecule has 2 aliphatic heterocycles. The van der Waals surface area contributed by atoms with Crippen LogP contribution in [0, 0.1) is 5.41 Å². The van der Waals surface area contributed by atoms with Crippen LogP contribution in [0.2, 0.25) is 0 Å². The summed E-state index contributed by atoms with van der Waals surface area (Å²) in [4.78, 5) is 26.4. The number of aromatic nitrogens is 2. The monoisotopic (exact) mass is 469 g/mol. The number of amides is 1. The second-order valence-electron chi connectivity index (χ2n) is 9.21. The van der Waals surface area contributed by atoms with Crippen LogP contribution in [-0.2, 0) is 4.79 Å². The minimum atomic E-state index is -0.523. The van der Waals surface area contributed by atoms with Gasteiger partial charge in [0, 0.05) is 49.2 Å². The molecule has 2 aliphatic rings. The van der Waals surface area contributed by atoms with E-state index in [1.165, 1.54) is 32.1 Å². The van der Waals surface area contributed by atoms with Gasteiger partial charge in [0.05, 0.1) is 23.8 Å². The summed E-state index contributed by atoms with van der Waals surface area (Å²) in [7, 11) is 0. The zero-order chi connectivity index (χ0) is 24.2. The number of piperidine rings is 1. The summed E-state index contributed by atoms with van der Waals surface area (Å²) in [6, 6.07) is 11.3. The van der Waals surface area contributed by atoms with Crippen molar-refractivity contribution in [1.29, 1.82) is 5.41 Å². The Balaban J connectivity index is 1.31. The number of carbonyl (C=O) groups is 1. The van der Waals surface area contributed by atoms with Crippen molar-refractivity contribution in [3.63, 3.8) is 0 Å². The highest BCUT2D eigenvalue weighted by Crippen LogP contribution is 2.28. The van der Waals surface area contributed by atoms with E-state index in [-0.39, 0.29) is 5.71 Å². The number of hydrogen-bond donors (Lipinski definition) is 3. The van der Waals surface area contributed by atoms with Crippen molar-refractivity contribution >= 4 is 34.5 Å². The average molecular weight is 470 g/mol. The van der Waals surface area contributed by atoms with Gasteiger partial charge in [0.15, 0.2) is 0 Å². The molecule has 35 heavy (non-hydrogen) atoms. The molecule has 4 N–H and O–H groups in total. The molecule has 2 saturated heterocycles. The Hall–Kier alpha value is -3.94. The average Bonchev–Trinajstić information content (AvgIpc) is 3.45. The fourth-order valence-electron chi connectivity index (χ4n) is 4.77. The standard InChI is InChI=1S/C27H31N7O/c28-24-8-6-19(20-14-22(18-30-16-20)33-10-4-5-11-33)15-23(24)26(29)27(35)32-21-7-9-25(31-17-21)34-12-2-1-3-13-34/h6-9,14-18,29H,1-5,10-13,28H2,(H,32,35). The molecule has 0 bridgehead atoms. The fraction of sp³-hybridized carbons (Fsp3) is 0.333. The molecule has 0 saturated carbocycles. The summed E-state index contributed by atoms with van der Waals surface area (Å²) < 4.78 is 0. The normalized spacial score (nSPS) is 15.8. The Kier molecular flexibility index (Phi) is 6.61. The van der Waals surface area contributed by atoms with Gasteiger partial charge < -0.3 is 20.9 Å². The van der Waals surface area contributed by atoms with Crippen molar-refractivity contribution in [2.24, 2.45) is 0 Å². The summed E-state index contributed by atoms with van der Waals surface area (Å²) in [5.74, 6) is 0.393. The van der Waals surface area contributed by atoms with Crippen LogP contribution in [0.3, 0.4) is 0 Å². The molecule has 8 heteroatoms. The maximum atomic E-state index is 12.9. The van der Waals surface area contributed by atoms with E-state index in [0.29, 0.717) is 16.9 Å². The minimum Gasteiger partial charge on any atom is -0.398 e. The number of nitrogen functional groups attached to an aromatic ring is 1. The van der Waals surface area contributed by atoms with Crippen LogP contribution < -0.4 is 20.9 Å². The van der Waals surface area contributed by atoms with Crippen LogP contribution in [0.4, 0.5) is 22.9 Å². The van der Waals surface area contributed by atoms with Crippen LogP contribution in [0.5, 0.6) is 0 Å². The first kappa shape index (κ1) is 22.8. The quantitative estimate of drug-likeness (QED) is 0.366. The Morgan fingerprint density at radius 3 is 2.34 bits per heavy atom. The Labute approximate surface area is 205 Å². The van der Waals surface area contributed by atoms with Crippen LogP contribution in [-0.4, -0.2) is 47.8 Å². The van der Waals surface area contributed by atoms with Gasteiger partial charge in [0.2, 0.25) is 0 Å². The van der Waals surface area contributed by atoms with Crippen molar-refractivity contribution in [1.82, 2.24) is 9.97 Å². The second kappa shape index (κ2) is 10.1. The molecule has 2 fully saturated rings. The summed E-state index contributed by atoms with van der Waals surface area (Å²) in [5, 5.41) is 11.3. The highest BCUT2D eigenvalue weighted by Gasteiger charge is 2.18. The Bertz CT molecular complexity index is 1210. The first-order valence-electron chi connectivity index (χ1n) is 12.3. The maximum absolute atomic E-state index is 12.9. The zero-order valence-corrected chi connectivity index (χ0v) is 19.8. The number of pyridine rings is 2. The van der Waals surface area contributed by atoms with E-state index in [0.717, 1.165) is 48.8 Å². The molecule has 4 heterocycles. The van der Waals surface area contributed by atoms with Gasteiger partial charge in [-0.05, 0) is 68.0 Å². The van der Waals surface area contributed by atoms with Crippen molar-refractivity contribution in [3.05, 3.63) is 60.6 Å². The van der Waals surface area contributed by atoms with Gasteiger partial charge in [-0.3, -0.25) is 15.2 Å². The lowest BCUT2D eigenvalue weighted by Crippen LogP contribution is -2.30. The molecule has 180 valence electrons. The van der Waals surface area contributed by atoms with Gasteiger partial charge in [-0.15, -0.1) is 0 Å². The largest absolute Gasteiger partial charge is 0.398 e. The van der Waals surface area contributed by atoms with Gasteiger partial charge in [0.25, 0.3) is 5.91 Å². The van der Waals surface area contributed by atoms with Crippen LogP contribution in [0.15, 0.2) is 55.0 Å². The van der Waals surface area contributed by atoms with Gasteiger partial charge in [0.1, 0.15) is 11.5 Å². The summed E-state index contributed by atoms with van der Waals surface area (Å²) in [6.45, 7) is 4.10. The summed E-state index contributed by atoms with van der Waals surface area (Å²) in [6.07, 6.45) is 11.3. The first-order chi connectivity index (χ1) is 17.1. The van der Waals surface area contributed by atoms with E-state index >= 15 is 0 Å². The third-order valence-electron chi connectivity index (χ3n) is 6.76. The van der Waals surface area contributed by atoms with Gasteiger partial charge in [-0.1, -0.05) is 6.07 Å². The predicted octanol–water partition coefficient (Wildman–Crippen LogP) is 4.32. The van der Waals surface area contributed by atoms with E-state index < -0.39 is 5.91 Å². The molecule has 8 nitrogen and oxygen atoms in total. The van der Waals surface area contributed by atoms with E-state index in [9.17, 15) is 4.79 Å². The van der Waals surface area contributed by atoms with Crippen LogP contribution in [0.25, 0.3) is 11.1 Å². The first-order valence-corrected chi connectivity index (χ1v) is 12.3. The van der Waals surface area contributed by atoms with Crippen molar-refractivity contribution in [2.45, 2.75) is 32.1 Å². The topological polar surface area (TPSA) is 111 Å². The Morgan fingerprint density at radius 2 is 1.60 bits per heavy atom. The molecule has 0 atom stereocenters. The number of nitrogens with two attached hydrogens (primary N) is 1. The second-order valence-corrected chi connectivity index (χ2v) is 9.21. The smallest absolute Gasteiger partial charge is 0.274 e. The number of benzene rings is 1. The molecule has 1 amide bonds. The third-order valence-corrected chi connectivity index (χ3v) is 6.76. The van der Waals surface area contributed by atoms with Gasteiger partial charge in [-0.25, -0.2) is 4.98 Å². The molecule has 0 radical (unpaired) electrons. The van der Waals surface area contributed by atoms with Crippen molar-refractivity contribution < 1.29 is 4.79 Å². The third kappa shape index (κ3) is 5.11. The zero-order valence-electron chi connectivity index (χ0n) is 19.8. The van der Waals surface area contributed by atoms with Gasteiger partial charge in [-0.2, -0.15) is 0 Å². The molecule has 2 aromatic heterocycles. The molecule has 0 aliphatic carbocycles. The number of nitrogens with one attached hydrogen (secondary N) is 2. The van der Waals surface area contributed by atoms with Crippen LogP contribution >= 0.6 is 0 Å². The molecule has 5 rings (SSSR count). The number of nitrogens with zero attached hydrogens (tertiary/aromatic N) is 4.